The van der Waals surface area contributed by atoms with E-state index in [1.165, 1.54) is 5.56 Å². The molecule has 0 radical (unpaired) electrons. The standard InChI is InChI=1S/C23H20BrClN2O/c1-14-2-4-15(5-3-14)20-13-21(19-12-18(25)10-11-22(19)28)27-23(26-20)16-6-8-17(24)9-7-16/h2-13,21,23,26-28H,1H3. The first-order chi connectivity index (χ1) is 13.5. The highest BCUT2D eigenvalue weighted by Crippen LogP contribution is 2.34. The number of hydrogen-bond donors (Lipinski definition) is 3. The number of aryl methyl sites for hydroxylation is 1. The Labute approximate surface area is 178 Å². The lowest BCUT2D eigenvalue weighted by Crippen LogP contribution is -2.39. The molecule has 0 saturated heterocycles. The van der Waals surface area contributed by atoms with Crippen LogP contribution in [0.2, 0.25) is 5.02 Å². The van der Waals surface area contributed by atoms with Gasteiger partial charge in [0.25, 0.3) is 0 Å². The summed E-state index contributed by atoms with van der Waals surface area (Å²) in [5.41, 5.74) is 5.18. The molecule has 0 bridgehead atoms. The van der Waals surface area contributed by atoms with Gasteiger partial charge in [0.1, 0.15) is 11.9 Å². The number of phenolic OH excluding ortho intramolecular Hbond substituents is 1. The zero-order chi connectivity index (χ0) is 19.7. The maximum absolute atomic E-state index is 10.4. The van der Waals surface area contributed by atoms with E-state index in [1.54, 1.807) is 12.1 Å². The Hall–Kier alpha value is -2.27. The molecule has 1 aliphatic rings. The van der Waals surface area contributed by atoms with Gasteiger partial charge in [0.05, 0.1) is 6.04 Å². The van der Waals surface area contributed by atoms with Gasteiger partial charge in [-0.25, -0.2) is 0 Å². The summed E-state index contributed by atoms with van der Waals surface area (Å²) in [7, 11) is 0. The van der Waals surface area contributed by atoms with Crippen molar-refractivity contribution in [2.45, 2.75) is 19.1 Å². The summed E-state index contributed by atoms with van der Waals surface area (Å²) in [5, 5.41) is 18.2. The molecule has 0 saturated carbocycles. The monoisotopic (exact) mass is 454 g/mol. The molecule has 0 amide bonds. The van der Waals surface area contributed by atoms with E-state index in [0.29, 0.717) is 5.02 Å². The number of hydrogen-bond acceptors (Lipinski definition) is 3. The first kappa shape index (κ1) is 19.1. The molecule has 0 aromatic heterocycles. The predicted molar refractivity (Wildman–Crippen MR) is 118 cm³/mol. The van der Waals surface area contributed by atoms with Gasteiger partial charge in [-0.1, -0.05) is 69.5 Å². The summed E-state index contributed by atoms with van der Waals surface area (Å²) in [6, 6.07) is 21.5. The molecule has 0 aliphatic carbocycles. The Bertz CT molecular complexity index is 1020. The summed E-state index contributed by atoms with van der Waals surface area (Å²) >= 11 is 9.69. The summed E-state index contributed by atoms with van der Waals surface area (Å²) in [6.07, 6.45) is 1.98. The van der Waals surface area contributed by atoms with Crippen LogP contribution in [0.3, 0.4) is 0 Å². The minimum absolute atomic E-state index is 0.113. The van der Waals surface area contributed by atoms with Crippen molar-refractivity contribution in [3.63, 3.8) is 0 Å². The Morgan fingerprint density at radius 2 is 1.68 bits per heavy atom. The van der Waals surface area contributed by atoms with Gasteiger partial charge in [0, 0.05) is 20.8 Å². The minimum atomic E-state index is -0.190. The molecule has 1 aliphatic heterocycles. The quantitative estimate of drug-likeness (QED) is 0.448. The van der Waals surface area contributed by atoms with E-state index < -0.39 is 0 Å². The first-order valence-corrected chi connectivity index (χ1v) is 10.2. The molecule has 3 N–H and O–H groups in total. The van der Waals surface area contributed by atoms with Gasteiger partial charge < -0.3 is 10.4 Å². The van der Waals surface area contributed by atoms with E-state index in [9.17, 15) is 5.11 Å². The molecule has 142 valence electrons. The Balaban J connectivity index is 1.76. The van der Waals surface area contributed by atoms with Crippen molar-refractivity contribution >= 4 is 33.2 Å². The Kier molecular flexibility index (Phi) is 5.44. The fraction of sp³-hybridized carbons (Fsp3) is 0.130. The zero-order valence-corrected chi connectivity index (χ0v) is 17.6. The molecule has 1 heterocycles. The smallest absolute Gasteiger partial charge is 0.120 e. The predicted octanol–water partition coefficient (Wildman–Crippen LogP) is 6.09. The molecular formula is C23H20BrClN2O. The second kappa shape index (κ2) is 8.00. The van der Waals surface area contributed by atoms with Crippen LogP contribution in [0.5, 0.6) is 5.75 Å². The van der Waals surface area contributed by atoms with E-state index in [1.807, 2.05) is 18.2 Å². The number of rotatable bonds is 3. The Morgan fingerprint density at radius 1 is 0.964 bits per heavy atom. The molecule has 28 heavy (non-hydrogen) atoms. The van der Waals surface area contributed by atoms with Crippen LogP contribution in [-0.2, 0) is 0 Å². The van der Waals surface area contributed by atoms with Gasteiger partial charge >= 0.3 is 0 Å². The van der Waals surface area contributed by atoms with Crippen LogP contribution in [0, 0.1) is 6.92 Å². The second-order valence-corrected chi connectivity index (χ2v) is 8.27. The van der Waals surface area contributed by atoms with Crippen LogP contribution >= 0.6 is 27.5 Å². The van der Waals surface area contributed by atoms with E-state index in [2.05, 4.69) is 76.0 Å². The lowest BCUT2D eigenvalue weighted by molar-refractivity contribution is 0.419. The van der Waals surface area contributed by atoms with Gasteiger partial charge in [-0.3, -0.25) is 5.32 Å². The number of benzene rings is 3. The maximum atomic E-state index is 10.4. The molecule has 2 unspecified atom stereocenters. The van der Waals surface area contributed by atoms with Crippen molar-refractivity contribution in [1.29, 1.82) is 0 Å². The largest absolute Gasteiger partial charge is 0.508 e. The molecule has 3 aromatic carbocycles. The summed E-state index contributed by atoms with van der Waals surface area (Å²) in [4.78, 5) is 0. The van der Waals surface area contributed by atoms with E-state index in [4.69, 9.17) is 11.6 Å². The maximum Gasteiger partial charge on any atom is 0.120 e. The van der Waals surface area contributed by atoms with Crippen molar-refractivity contribution in [3.8, 4) is 5.75 Å². The van der Waals surface area contributed by atoms with Crippen LogP contribution in [0.25, 0.3) is 5.70 Å². The van der Waals surface area contributed by atoms with Crippen LogP contribution in [0.1, 0.15) is 34.5 Å². The molecule has 5 heteroatoms. The SMILES string of the molecule is Cc1ccc(C2=CC(c3cc(Cl)ccc3O)NC(c3ccc(Br)cc3)N2)cc1. The molecular weight excluding hydrogens is 436 g/mol. The van der Waals surface area contributed by atoms with E-state index in [-0.39, 0.29) is 18.0 Å². The third-order valence-electron chi connectivity index (χ3n) is 4.87. The van der Waals surface area contributed by atoms with Crippen molar-refractivity contribution in [1.82, 2.24) is 10.6 Å². The fourth-order valence-corrected chi connectivity index (χ4v) is 3.79. The molecule has 0 fully saturated rings. The normalized spacial score (nSPS) is 19.0. The molecule has 3 aromatic rings. The molecule has 3 nitrogen and oxygen atoms in total. The van der Waals surface area contributed by atoms with Crippen molar-refractivity contribution in [3.05, 3.63) is 105 Å². The topological polar surface area (TPSA) is 44.3 Å². The third kappa shape index (κ3) is 4.09. The lowest BCUT2D eigenvalue weighted by Gasteiger charge is -2.33. The van der Waals surface area contributed by atoms with Crippen LogP contribution in [-0.4, -0.2) is 5.11 Å². The van der Waals surface area contributed by atoms with Crippen LogP contribution < -0.4 is 10.6 Å². The highest BCUT2D eigenvalue weighted by Gasteiger charge is 2.25. The third-order valence-corrected chi connectivity index (χ3v) is 5.63. The van der Waals surface area contributed by atoms with Gasteiger partial charge in [-0.15, -0.1) is 0 Å². The summed E-state index contributed by atoms with van der Waals surface area (Å²) in [6.45, 7) is 2.07. The number of phenols is 1. The van der Waals surface area contributed by atoms with Gasteiger partial charge in [-0.2, -0.15) is 0 Å². The Morgan fingerprint density at radius 3 is 2.39 bits per heavy atom. The van der Waals surface area contributed by atoms with E-state index in [0.717, 1.165) is 26.9 Å². The van der Waals surface area contributed by atoms with Crippen LogP contribution in [0.4, 0.5) is 0 Å². The van der Waals surface area contributed by atoms with Gasteiger partial charge in [-0.05, 0) is 54.5 Å². The lowest BCUT2D eigenvalue weighted by atomic mass is 9.97. The number of halogens is 2. The molecule has 4 rings (SSSR count). The number of nitrogens with one attached hydrogen (secondary N) is 2. The average Bonchev–Trinajstić information content (AvgIpc) is 2.70. The zero-order valence-electron chi connectivity index (χ0n) is 15.3. The first-order valence-electron chi connectivity index (χ1n) is 9.05. The van der Waals surface area contributed by atoms with E-state index >= 15 is 0 Å². The van der Waals surface area contributed by atoms with Gasteiger partial charge in [0.15, 0.2) is 0 Å². The summed E-state index contributed by atoms with van der Waals surface area (Å²) in [5.74, 6) is 0.220. The highest BCUT2D eigenvalue weighted by atomic mass is 79.9. The van der Waals surface area contributed by atoms with Crippen molar-refractivity contribution < 1.29 is 5.11 Å². The second-order valence-electron chi connectivity index (χ2n) is 6.92. The average molecular weight is 456 g/mol. The van der Waals surface area contributed by atoms with Crippen molar-refractivity contribution in [2.75, 3.05) is 0 Å². The summed E-state index contributed by atoms with van der Waals surface area (Å²) < 4.78 is 1.03. The van der Waals surface area contributed by atoms with Crippen molar-refractivity contribution in [2.24, 2.45) is 0 Å². The highest BCUT2D eigenvalue weighted by molar-refractivity contribution is 9.10. The molecule has 0 spiro atoms. The minimum Gasteiger partial charge on any atom is -0.508 e. The number of aromatic hydroxyl groups is 1. The molecule has 2 atom stereocenters. The van der Waals surface area contributed by atoms with Gasteiger partial charge in [0.2, 0.25) is 0 Å². The fourth-order valence-electron chi connectivity index (χ4n) is 3.34. The van der Waals surface area contributed by atoms with Crippen LogP contribution in [0.15, 0.2) is 77.3 Å².